The number of nitrogens with one attached hydrogen (secondary N) is 1. The third kappa shape index (κ3) is 4.88. The fourth-order valence-electron chi connectivity index (χ4n) is 3.57. The van der Waals surface area contributed by atoms with Gasteiger partial charge in [0.25, 0.3) is 0 Å². The normalized spacial score (nSPS) is 28.7. The third-order valence-corrected chi connectivity index (χ3v) is 5.95. The number of rotatable bonds is 3. The lowest BCUT2D eigenvalue weighted by Crippen LogP contribution is -2.50. The first kappa shape index (κ1) is 17.1. The summed E-state index contributed by atoms with van der Waals surface area (Å²) in [5, 5.41) is 4.72. The highest BCUT2D eigenvalue weighted by Gasteiger charge is 2.31. The van der Waals surface area contributed by atoms with Crippen molar-refractivity contribution in [1.29, 1.82) is 0 Å². The second kappa shape index (κ2) is 7.36. The van der Waals surface area contributed by atoms with E-state index >= 15 is 0 Å². The molecule has 0 aromatic carbocycles. The predicted molar refractivity (Wildman–Crippen MR) is 91.8 cm³/mol. The summed E-state index contributed by atoms with van der Waals surface area (Å²) in [5.74, 6) is 0.307. The zero-order valence-electron chi connectivity index (χ0n) is 14.2. The van der Waals surface area contributed by atoms with Crippen LogP contribution in [0, 0.1) is 5.41 Å². The topological polar surface area (TPSA) is 32.3 Å². The smallest absolute Gasteiger partial charge is 0.227 e. The van der Waals surface area contributed by atoms with E-state index in [1.165, 1.54) is 25.7 Å². The molecule has 0 aromatic rings. The minimum atomic E-state index is -0.241. The third-order valence-electron chi connectivity index (χ3n) is 4.85. The van der Waals surface area contributed by atoms with Crippen LogP contribution in [0.3, 0.4) is 0 Å². The van der Waals surface area contributed by atoms with Gasteiger partial charge in [0, 0.05) is 35.8 Å². The van der Waals surface area contributed by atoms with Gasteiger partial charge in [-0.3, -0.25) is 4.79 Å². The van der Waals surface area contributed by atoms with E-state index in [-0.39, 0.29) is 5.41 Å². The van der Waals surface area contributed by atoms with Crippen LogP contribution in [0.4, 0.5) is 0 Å². The molecule has 1 saturated carbocycles. The molecule has 0 radical (unpaired) electrons. The van der Waals surface area contributed by atoms with E-state index in [2.05, 4.69) is 16.5 Å². The Hall–Kier alpha value is -0.220. The first-order valence-corrected chi connectivity index (χ1v) is 9.77. The van der Waals surface area contributed by atoms with Crippen LogP contribution in [-0.4, -0.2) is 47.5 Å². The Balaban J connectivity index is 1.75. The fourth-order valence-corrected chi connectivity index (χ4v) is 4.39. The van der Waals surface area contributed by atoms with Crippen molar-refractivity contribution in [1.82, 2.24) is 10.2 Å². The quantitative estimate of drug-likeness (QED) is 0.868. The highest BCUT2D eigenvalue weighted by molar-refractivity contribution is 7.99. The van der Waals surface area contributed by atoms with Gasteiger partial charge in [0.05, 0.1) is 0 Å². The molecule has 1 heterocycles. The molecule has 21 heavy (non-hydrogen) atoms. The Morgan fingerprint density at radius 2 is 1.76 bits per heavy atom. The molecular formula is C17H32N2OS. The van der Waals surface area contributed by atoms with Gasteiger partial charge < -0.3 is 10.2 Å². The van der Waals surface area contributed by atoms with Gasteiger partial charge >= 0.3 is 0 Å². The molecule has 2 fully saturated rings. The number of hydrogen-bond donors (Lipinski definition) is 1. The number of piperidine rings is 1. The van der Waals surface area contributed by atoms with Crippen LogP contribution in [0.1, 0.15) is 59.3 Å². The highest BCUT2D eigenvalue weighted by atomic mass is 32.2. The van der Waals surface area contributed by atoms with E-state index in [0.29, 0.717) is 18.0 Å². The van der Waals surface area contributed by atoms with E-state index in [9.17, 15) is 4.79 Å². The minimum Gasteiger partial charge on any atom is -0.342 e. The van der Waals surface area contributed by atoms with Crippen molar-refractivity contribution in [2.45, 2.75) is 76.6 Å². The molecular weight excluding hydrogens is 280 g/mol. The average molecular weight is 313 g/mol. The Kier molecular flexibility index (Phi) is 6.01. The molecule has 2 atom stereocenters. The minimum absolute atomic E-state index is 0.241. The van der Waals surface area contributed by atoms with E-state index < -0.39 is 0 Å². The van der Waals surface area contributed by atoms with Crippen molar-refractivity contribution in [3.8, 4) is 0 Å². The maximum atomic E-state index is 12.3. The molecule has 2 rings (SSSR count). The molecule has 3 nitrogen and oxygen atoms in total. The van der Waals surface area contributed by atoms with E-state index in [0.717, 1.165) is 31.2 Å². The van der Waals surface area contributed by atoms with Gasteiger partial charge in [-0.25, -0.2) is 0 Å². The molecule has 0 aromatic heterocycles. The van der Waals surface area contributed by atoms with Gasteiger partial charge in [0.2, 0.25) is 5.91 Å². The summed E-state index contributed by atoms with van der Waals surface area (Å²) in [6.45, 7) is 7.90. The molecule has 1 N–H and O–H groups in total. The van der Waals surface area contributed by atoms with Gasteiger partial charge in [0.1, 0.15) is 0 Å². The first-order chi connectivity index (χ1) is 9.90. The largest absolute Gasteiger partial charge is 0.342 e. The fraction of sp³-hybridized carbons (Fsp3) is 0.941. The Morgan fingerprint density at radius 1 is 1.10 bits per heavy atom. The highest BCUT2D eigenvalue weighted by Crippen LogP contribution is 2.28. The molecule has 122 valence electrons. The number of thioether (sulfide) groups is 1. The first-order valence-electron chi connectivity index (χ1n) is 8.48. The van der Waals surface area contributed by atoms with Crippen molar-refractivity contribution < 1.29 is 4.79 Å². The van der Waals surface area contributed by atoms with Crippen LogP contribution in [0.15, 0.2) is 0 Å². The summed E-state index contributed by atoms with van der Waals surface area (Å²) < 4.78 is 0. The van der Waals surface area contributed by atoms with Crippen LogP contribution >= 0.6 is 11.8 Å². The van der Waals surface area contributed by atoms with Crippen LogP contribution in [0.25, 0.3) is 0 Å². The Morgan fingerprint density at radius 3 is 2.33 bits per heavy atom. The van der Waals surface area contributed by atoms with Crippen molar-refractivity contribution in [3.63, 3.8) is 0 Å². The maximum absolute atomic E-state index is 12.3. The predicted octanol–water partition coefficient (Wildman–Crippen LogP) is 3.29. The van der Waals surface area contributed by atoms with Gasteiger partial charge in [-0.2, -0.15) is 11.8 Å². The van der Waals surface area contributed by atoms with Gasteiger partial charge in [-0.1, -0.05) is 27.2 Å². The molecule has 1 amide bonds. The van der Waals surface area contributed by atoms with Crippen molar-refractivity contribution in [2.24, 2.45) is 5.41 Å². The van der Waals surface area contributed by atoms with Crippen LogP contribution in [-0.2, 0) is 4.79 Å². The number of carbonyl (C=O) groups is 1. The summed E-state index contributed by atoms with van der Waals surface area (Å²) in [6, 6.07) is 1.31. The number of likely N-dealkylation sites (tertiary alicyclic amines) is 1. The summed E-state index contributed by atoms with van der Waals surface area (Å²) in [4.78, 5) is 14.4. The van der Waals surface area contributed by atoms with Crippen molar-refractivity contribution in [3.05, 3.63) is 0 Å². The Bertz CT molecular complexity index is 345. The zero-order chi connectivity index (χ0) is 15.5. The van der Waals surface area contributed by atoms with E-state index in [4.69, 9.17) is 0 Å². The number of carbonyl (C=O) groups excluding carboxylic acids is 1. The van der Waals surface area contributed by atoms with Crippen LogP contribution in [0.5, 0.6) is 0 Å². The average Bonchev–Trinajstić information content (AvgIpc) is 2.46. The lowest BCUT2D eigenvalue weighted by molar-refractivity contribution is -0.140. The maximum Gasteiger partial charge on any atom is 0.227 e. The Labute approximate surface area is 134 Å². The molecule has 1 aliphatic heterocycles. The number of amides is 1. The molecule has 0 spiro atoms. The zero-order valence-corrected chi connectivity index (χ0v) is 15.0. The van der Waals surface area contributed by atoms with Gasteiger partial charge in [0.15, 0.2) is 0 Å². The molecule has 2 aliphatic rings. The van der Waals surface area contributed by atoms with Gasteiger partial charge in [-0.05, 0) is 38.4 Å². The summed E-state index contributed by atoms with van der Waals surface area (Å²) >= 11 is 2.03. The molecule has 0 bridgehead atoms. The lowest BCUT2D eigenvalue weighted by Gasteiger charge is -2.38. The molecule has 4 heteroatoms. The molecule has 1 saturated heterocycles. The second-order valence-corrected chi connectivity index (χ2v) is 8.84. The summed E-state index contributed by atoms with van der Waals surface area (Å²) in [7, 11) is 0. The number of hydrogen-bond acceptors (Lipinski definition) is 3. The monoisotopic (exact) mass is 312 g/mol. The van der Waals surface area contributed by atoms with E-state index in [1.54, 1.807) is 0 Å². The lowest BCUT2D eigenvalue weighted by atomic mass is 9.91. The standard InChI is InChI=1S/C17H32N2OS/c1-17(2,3)16(20)19-10-8-13(9-11-19)18-14-6-5-7-15(12-14)21-4/h13-15,18H,5-12H2,1-4H3. The molecule has 2 unspecified atom stereocenters. The van der Waals surface area contributed by atoms with Gasteiger partial charge in [-0.15, -0.1) is 0 Å². The van der Waals surface area contributed by atoms with Crippen LogP contribution in [0.2, 0.25) is 0 Å². The van der Waals surface area contributed by atoms with E-state index in [1.807, 2.05) is 32.5 Å². The second-order valence-electron chi connectivity index (χ2n) is 7.70. The van der Waals surface area contributed by atoms with Crippen molar-refractivity contribution in [2.75, 3.05) is 19.3 Å². The van der Waals surface area contributed by atoms with Crippen LogP contribution < -0.4 is 5.32 Å². The van der Waals surface area contributed by atoms with Crippen molar-refractivity contribution >= 4 is 17.7 Å². The summed E-state index contributed by atoms with van der Waals surface area (Å²) in [6.07, 6.45) is 9.87. The SMILES string of the molecule is CSC1CCCC(NC2CCN(C(=O)C(C)(C)C)CC2)C1. The number of nitrogens with zero attached hydrogens (tertiary/aromatic N) is 1. The molecule has 1 aliphatic carbocycles. The summed E-state index contributed by atoms with van der Waals surface area (Å²) in [5.41, 5.74) is -0.241.